The number of hydrogen-bond acceptors (Lipinski definition) is 5. The van der Waals surface area contributed by atoms with Crippen LogP contribution in [0.4, 0.5) is 4.39 Å². The van der Waals surface area contributed by atoms with E-state index in [1.165, 1.54) is 6.07 Å². The Balaban J connectivity index is 1.89. The molecular formula is C17H13FN6. The zero-order valence-corrected chi connectivity index (χ0v) is 13.1. The van der Waals surface area contributed by atoms with Gasteiger partial charge in [-0.15, -0.1) is 5.10 Å². The molecule has 0 radical (unpaired) electrons. The minimum absolute atomic E-state index is 0.253. The van der Waals surface area contributed by atoms with Crippen LogP contribution in [0.25, 0.3) is 28.0 Å². The van der Waals surface area contributed by atoms with Gasteiger partial charge in [-0.05, 0) is 66.2 Å². The van der Waals surface area contributed by atoms with E-state index in [9.17, 15) is 4.39 Å². The van der Waals surface area contributed by atoms with Gasteiger partial charge in [-0.3, -0.25) is 4.98 Å². The number of pyridine rings is 2. The minimum atomic E-state index is -0.385. The molecule has 0 saturated heterocycles. The number of halogens is 1. The van der Waals surface area contributed by atoms with Gasteiger partial charge in [-0.25, -0.2) is 9.37 Å². The quantitative estimate of drug-likeness (QED) is 0.568. The van der Waals surface area contributed by atoms with Crippen LogP contribution in [0.2, 0.25) is 0 Å². The molecule has 0 amide bonds. The summed E-state index contributed by atoms with van der Waals surface area (Å²) >= 11 is 0. The summed E-state index contributed by atoms with van der Waals surface area (Å²) in [7, 11) is 0. The van der Waals surface area contributed by atoms with E-state index >= 15 is 0 Å². The summed E-state index contributed by atoms with van der Waals surface area (Å²) in [6.07, 6.45) is 1.56. The van der Waals surface area contributed by atoms with Crippen molar-refractivity contribution in [3.05, 3.63) is 59.8 Å². The van der Waals surface area contributed by atoms with E-state index in [2.05, 4.69) is 25.5 Å². The average Bonchev–Trinajstić information content (AvgIpc) is 3.01. The predicted molar refractivity (Wildman–Crippen MR) is 87.1 cm³/mol. The van der Waals surface area contributed by atoms with Crippen LogP contribution in [-0.4, -0.2) is 30.2 Å². The monoisotopic (exact) mass is 320 g/mol. The van der Waals surface area contributed by atoms with Crippen LogP contribution in [0.3, 0.4) is 0 Å². The number of tetrazole rings is 1. The Labute approximate surface area is 137 Å². The maximum atomic E-state index is 14.0. The number of benzene rings is 1. The summed E-state index contributed by atoms with van der Waals surface area (Å²) in [5, 5.41) is 12.5. The highest BCUT2D eigenvalue weighted by Crippen LogP contribution is 2.26. The molecule has 118 valence electrons. The molecule has 0 unspecified atom stereocenters. The standard InChI is InChI=1S/C17H13FN6/c1-10-8-16(17-14(18)4-3-7-19-17)20-15-6-5-12(9-13(10)15)24-11(2)21-22-23-24/h3-9H,1-2H3. The Morgan fingerprint density at radius 3 is 2.71 bits per heavy atom. The summed E-state index contributed by atoms with van der Waals surface area (Å²) in [6.45, 7) is 3.80. The molecule has 7 heteroatoms. The fraction of sp³-hybridized carbons (Fsp3) is 0.118. The number of nitrogens with zero attached hydrogens (tertiary/aromatic N) is 6. The molecule has 0 aliphatic rings. The zero-order valence-electron chi connectivity index (χ0n) is 13.1. The van der Waals surface area contributed by atoms with Crippen LogP contribution in [0.15, 0.2) is 42.6 Å². The molecule has 3 heterocycles. The molecule has 0 N–H and O–H groups in total. The summed E-state index contributed by atoms with van der Waals surface area (Å²) in [6, 6.07) is 10.5. The molecule has 3 aromatic heterocycles. The lowest BCUT2D eigenvalue weighted by Crippen LogP contribution is -2.00. The van der Waals surface area contributed by atoms with Gasteiger partial charge in [0, 0.05) is 11.6 Å². The fourth-order valence-electron chi connectivity index (χ4n) is 2.68. The SMILES string of the molecule is Cc1cc(-c2ncccc2F)nc2ccc(-n3nnnc3C)cc12. The van der Waals surface area contributed by atoms with Gasteiger partial charge in [-0.2, -0.15) is 4.68 Å². The molecule has 24 heavy (non-hydrogen) atoms. The number of rotatable bonds is 2. The van der Waals surface area contributed by atoms with Gasteiger partial charge < -0.3 is 0 Å². The lowest BCUT2D eigenvalue weighted by atomic mass is 10.1. The van der Waals surface area contributed by atoms with Crippen molar-refractivity contribution < 1.29 is 4.39 Å². The molecule has 1 aromatic carbocycles. The van der Waals surface area contributed by atoms with Crippen LogP contribution in [-0.2, 0) is 0 Å². The number of aromatic nitrogens is 6. The fourth-order valence-corrected chi connectivity index (χ4v) is 2.68. The molecule has 0 saturated carbocycles. The molecule has 0 spiro atoms. The highest BCUT2D eigenvalue weighted by atomic mass is 19.1. The van der Waals surface area contributed by atoms with Gasteiger partial charge in [0.1, 0.15) is 5.69 Å². The van der Waals surface area contributed by atoms with Gasteiger partial charge in [0.2, 0.25) is 0 Å². The molecule has 4 rings (SSSR count). The largest absolute Gasteiger partial charge is 0.252 e. The van der Waals surface area contributed by atoms with Crippen LogP contribution < -0.4 is 0 Å². The van der Waals surface area contributed by atoms with E-state index in [4.69, 9.17) is 0 Å². The van der Waals surface area contributed by atoms with Gasteiger partial charge in [0.05, 0.1) is 16.9 Å². The van der Waals surface area contributed by atoms with Crippen molar-refractivity contribution in [2.45, 2.75) is 13.8 Å². The average molecular weight is 320 g/mol. The molecule has 6 nitrogen and oxygen atoms in total. The first-order valence-corrected chi connectivity index (χ1v) is 7.41. The summed E-state index contributed by atoms with van der Waals surface area (Å²) in [4.78, 5) is 8.65. The van der Waals surface area contributed by atoms with Crippen molar-refractivity contribution in [3.8, 4) is 17.1 Å². The molecule has 0 fully saturated rings. The predicted octanol–water partition coefficient (Wildman–Crippen LogP) is 3.03. The number of fused-ring (bicyclic) bond motifs is 1. The molecular weight excluding hydrogens is 307 g/mol. The third-order valence-electron chi connectivity index (χ3n) is 3.87. The Bertz CT molecular complexity index is 1060. The van der Waals surface area contributed by atoms with Crippen molar-refractivity contribution in [1.82, 2.24) is 30.2 Å². The van der Waals surface area contributed by atoms with E-state index in [0.29, 0.717) is 11.5 Å². The maximum Gasteiger partial charge on any atom is 0.153 e. The lowest BCUT2D eigenvalue weighted by Gasteiger charge is -2.09. The Morgan fingerprint density at radius 1 is 1.08 bits per heavy atom. The van der Waals surface area contributed by atoms with Gasteiger partial charge in [0.15, 0.2) is 11.6 Å². The second-order valence-corrected chi connectivity index (χ2v) is 5.50. The number of aryl methyl sites for hydroxylation is 2. The molecule has 0 bridgehead atoms. The van der Waals surface area contributed by atoms with Crippen LogP contribution in [0.5, 0.6) is 0 Å². The van der Waals surface area contributed by atoms with Crippen LogP contribution in [0.1, 0.15) is 11.4 Å². The maximum absolute atomic E-state index is 14.0. The summed E-state index contributed by atoms with van der Waals surface area (Å²) in [5.41, 5.74) is 3.37. The van der Waals surface area contributed by atoms with E-state index in [-0.39, 0.29) is 11.5 Å². The third kappa shape index (κ3) is 2.30. The third-order valence-corrected chi connectivity index (χ3v) is 3.87. The van der Waals surface area contributed by atoms with Crippen molar-refractivity contribution in [2.75, 3.05) is 0 Å². The van der Waals surface area contributed by atoms with Crippen molar-refractivity contribution >= 4 is 10.9 Å². The Kier molecular flexibility index (Phi) is 3.26. The second-order valence-electron chi connectivity index (χ2n) is 5.50. The van der Waals surface area contributed by atoms with Crippen molar-refractivity contribution in [1.29, 1.82) is 0 Å². The smallest absolute Gasteiger partial charge is 0.153 e. The van der Waals surface area contributed by atoms with Crippen LogP contribution >= 0.6 is 0 Å². The zero-order chi connectivity index (χ0) is 16.7. The lowest BCUT2D eigenvalue weighted by molar-refractivity contribution is 0.625. The molecule has 0 aliphatic heterocycles. The first-order valence-electron chi connectivity index (χ1n) is 7.41. The first kappa shape index (κ1) is 14.4. The first-order chi connectivity index (χ1) is 11.6. The Hall–Kier alpha value is -3.22. The van der Waals surface area contributed by atoms with Crippen LogP contribution in [0, 0.1) is 19.7 Å². The second kappa shape index (κ2) is 5.45. The minimum Gasteiger partial charge on any atom is -0.252 e. The van der Waals surface area contributed by atoms with E-state index in [1.807, 2.05) is 38.1 Å². The molecule has 4 aromatic rings. The summed E-state index contributed by atoms with van der Waals surface area (Å²) in [5.74, 6) is 0.317. The van der Waals surface area contributed by atoms with Gasteiger partial charge in [0.25, 0.3) is 0 Å². The molecule has 0 atom stereocenters. The highest BCUT2D eigenvalue weighted by Gasteiger charge is 2.12. The highest BCUT2D eigenvalue weighted by molar-refractivity contribution is 5.86. The van der Waals surface area contributed by atoms with Crippen molar-refractivity contribution in [3.63, 3.8) is 0 Å². The Morgan fingerprint density at radius 2 is 1.96 bits per heavy atom. The topological polar surface area (TPSA) is 69.4 Å². The summed E-state index contributed by atoms with van der Waals surface area (Å²) < 4.78 is 15.6. The molecule has 0 aliphatic carbocycles. The van der Waals surface area contributed by atoms with E-state index in [1.54, 1.807) is 16.9 Å². The van der Waals surface area contributed by atoms with E-state index in [0.717, 1.165) is 22.2 Å². The van der Waals surface area contributed by atoms with Gasteiger partial charge in [-0.1, -0.05) is 0 Å². The van der Waals surface area contributed by atoms with Crippen molar-refractivity contribution in [2.24, 2.45) is 0 Å². The number of hydrogen-bond donors (Lipinski definition) is 0. The van der Waals surface area contributed by atoms with E-state index < -0.39 is 0 Å². The van der Waals surface area contributed by atoms with Gasteiger partial charge >= 0.3 is 0 Å². The normalized spacial score (nSPS) is 11.1.